The van der Waals surface area contributed by atoms with Crippen LogP contribution in [-0.2, 0) is 15.5 Å². The van der Waals surface area contributed by atoms with Gasteiger partial charge in [0.25, 0.3) is 9.05 Å². The molecule has 0 spiro atoms. The fourth-order valence-corrected chi connectivity index (χ4v) is 3.59. The minimum absolute atomic E-state index is 0.248. The first kappa shape index (κ1) is 16.0. The van der Waals surface area contributed by atoms with Crippen LogP contribution in [0.5, 0.6) is 0 Å². The lowest BCUT2D eigenvalue weighted by Crippen LogP contribution is -2.02. The van der Waals surface area contributed by atoms with Crippen LogP contribution in [0.2, 0.25) is 0 Å². The van der Waals surface area contributed by atoms with Crippen LogP contribution in [0.15, 0.2) is 35.3 Å². The average Bonchev–Trinajstić information content (AvgIpc) is 2.34. The summed E-state index contributed by atoms with van der Waals surface area (Å²) < 4.78 is 23.4. The third-order valence-electron chi connectivity index (χ3n) is 2.91. The molecule has 0 saturated carbocycles. The van der Waals surface area contributed by atoms with Crippen molar-refractivity contribution in [3.8, 4) is 0 Å². The Balaban J connectivity index is 3.32. The van der Waals surface area contributed by atoms with Gasteiger partial charge in [-0.25, -0.2) is 8.42 Å². The van der Waals surface area contributed by atoms with Gasteiger partial charge in [-0.15, -0.1) is 0 Å². The van der Waals surface area contributed by atoms with Gasteiger partial charge < -0.3 is 0 Å². The van der Waals surface area contributed by atoms with Crippen LogP contribution in [-0.4, -0.2) is 8.42 Å². The molecule has 0 aliphatic heterocycles. The van der Waals surface area contributed by atoms with Gasteiger partial charge in [-0.2, -0.15) is 0 Å². The van der Waals surface area contributed by atoms with Crippen LogP contribution in [0.1, 0.15) is 37.0 Å². The second-order valence-electron chi connectivity index (χ2n) is 4.25. The molecule has 0 fully saturated rings. The molecular weight excluding hydrogens is 280 g/mol. The molecular formula is C15H19ClO2S. The Morgan fingerprint density at radius 1 is 1.21 bits per heavy atom. The lowest BCUT2D eigenvalue weighted by atomic mass is 10.0. The molecule has 0 saturated heterocycles. The zero-order valence-electron chi connectivity index (χ0n) is 11.5. The summed E-state index contributed by atoms with van der Waals surface area (Å²) in [6.45, 7) is 5.77. The van der Waals surface area contributed by atoms with Gasteiger partial charge in [-0.05, 0) is 36.5 Å². The molecule has 0 heterocycles. The number of rotatable bonds is 5. The maximum Gasteiger partial charge on any atom is 0.261 e. The molecule has 0 aromatic heterocycles. The highest BCUT2D eigenvalue weighted by Crippen LogP contribution is 2.28. The first-order chi connectivity index (χ1) is 8.91. The Labute approximate surface area is 120 Å². The molecule has 0 N–H and O–H groups in total. The lowest BCUT2D eigenvalue weighted by molar-refractivity contribution is 0.608. The topological polar surface area (TPSA) is 34.1 Å². The van der Waals surface area contributed by atoms with Crippen LogP contribution in [0.25, 0.3) is 6.08 Å². The van der Waals surface area contributed by atoms with Crippen LogP contribution in [0, 0.1) is 6.92 Å². The molecule has 1 aromatic rings. The lowest BCUT2D eigenvalue weighted by Gasteiger charge is -2.11. The fourth-order valence-electron chi connectivity index (χ4n) is 1.94. The van der Waals surface area contributed by atoms with E-state index in [0.29, 0.717) is 12.0 Å². The second-order valence-corrected chi connectivity index (χ2v) is 6.76. The van der Waals surface area contributed by atoms with E-state index in [0.717, 1.165) is 17.5 Å². The molecule has 4 heteroatoms. The van der Waals surface area contributed by atoms with Crippen molar-refractivity contribution in [2.75, 3.05) is 0 Å². The Morgan fingerprint density at radius 2 is 1.89 bits per heavy atom. The number of allylic oxidation sites excluding steroid dienone is 3. The van der Waals surface area contributed by atoms with Gasteiger partial charge >= 0.3 is 0 Å². The molecule has 0 atom stereocenters. The van der Waals surface area contributed by atoms with E-state index in [2.05, 4.69) is 6.92 Å². The number of halogens is 1. The Bertz CT molecular complexity index is 599. The highest BCUT2D eigenvalue weighted by atomic mass is 35.7. The number of hydrogen-bond acceptors (Lipinski definition) is 2. The molecule has 0 aliphatic rings. The molecule has 104 valence electrons. The minimum Gasteiger partial charge on any atom is -0.207 e. The maximum absolute atomic E-state index is 11.7. The average molecular weight is 299 g/mol. The number of benzene rings is 1. The van der Waals surface area contributed by atoms with Crippen molar-refractivity contribution in [3.63, 3.8) is 0 Å². The van der Waals surface area contributed by atoms with Crippen molar-refractivity contribution < 1.29 is 8.42 Å². The summed E-state index contributed by atoms with van der Waals surface area (Å²) in [5.74, 6) is 0. The maximum atomic E-state index is 11.7. The van der Waals surface area contributed by atoms with E-state index in [4.69, 9.17) is 10.7 Å². The number of hydrogen-bond donors (Lipinski definition) is 0. The SMILES string of the molecule is CC/C=C/C=C\c1ccc(CC)c(S(=O)(=O)Cl)c1C. The van der Waals surface area contributed by atoms with Crippen LogP contribution >= 0.6 is 10.7 Å². The van der Waals surface area contributed by atoms with Gasteiger partial charge in [0.05, 0.1) is 4.90 Å². The Hall–Kier alpha value is -1.06. The fraction of sp³-hybridized carbons (Fsp3) is 0.333. The van der Waals surface area contributed by atoms with E-state index >= 15 is 0 Å². The van der Waals surface area contributed by atoms with Crippen molar-refractivity contribution in [2.24, 2.45) is 0 Å². The molecule has 0 bridgehead atoms. The monoisotopic (exact) mass is 298 g/mol. The van der Waals surface area contributed by atoms with Gasteiger partial charge in [0.15, 0.2) is 0 Å². The first-order valence-electron chi connectivity index (χ1n) is 6.32. The van der Waals surface area contributed by atoms with Gasteiger partial charge in [0.1, 0.15) is 0 Å². The molecule has 1 rings (SSSR count). The summed E-state index contributed by atoms with van der Waals surface area (Å²) in [7, 11) is 1.82. The minimum atomic E-state index is -3.71. The standard InChI is InChI=1S/C15H19ClO2S/c1-4-6-7-8-9-14-11-10-13(5-2)15(12(14)3)19(16,17)18/h6-11H,4-5H2,1-3H3/b7-6+,9-8-. The van der Waals surface area contributed by atoms with Crippen molar-refractivity contribution in [3.05, 3.63) is 47.1 Å². The van der Waals surface area contributed by atoms with E-state index in [1.807, 2.05) is 43.4 Å². The zero-order chi connectivity index (χ0) is 14.5. The van der Waals surface area contributed by atoms with Gasteiger partial charge in [0.2, 0.25) is 0 Å². The molecule has 0 amide bonds. The summed E-state index contributed by atoms with van der Waals surface area (Å²) in [4.78, 5) is 0.248. The van der Waals surface area contributed by atoms with E-state index in [1.54, 1.807) is 6.92 Å². The van der Waals surface area contributed by atoms with Crippen LogP contribution in [0.4, 0.5) is 0 Å². The predicted molar refractivity (Wildman–Crippen MR) is 82.1 cm³/mol. The van der Waals surface area contributed by atoms with Gasteiger partial charge in [0, 0.05) is 10.7 Å². The Morgan fingerprint density at radius 3 is 2.42 bits per heavy atom. The molecule has 2 nitrogen and oxygen atoms in total. The summed E-state index contributed by atoms with van der Waals surface area (Å²) in [5.41, 5.74) is 2.33. The van der Waals surface area contributed by atoms with Crippen molar-refractivity contribution >= 4 is 25.8 Å². The Kier molecular flexibility index (Phi) is 5.83. The van der Waals surface area contributed by atoms with E-state index < -0.39 is 9.05 Å². The van der Waals surface area contributed by atoms with E-state index in [1.165, 1.54) is 0 Å². The van der Waals surface area contributed by atoms with Crippen molar-refractivity contribution in [1.82, 2.24) is 0 Å². The summed E-state index contributed by atoms with van der Waals surface area (Å²) >= 11 is 0. The summed E-state index contributed by atoms with van der Waals surface area (Å²) in [5, 5.41) is 0. The van der Waals surface area contributed by atoms with Crippen LogP contribution in [0.3, 0.4) is 0 Å². The first-order valence-corrected chi connectivity index (χ1v) is 8.63. The van der Waals surface area contributed by atoms with Gasteiger partial charge in [-0.1, -0.05) is 50.3 Å². The predicted octanol–water partition coefficient (Wildman–Crippen LogP) is 4.46. The van der Waals surface area contributed by atoms with Crippen molar-refractivity contribution in [2.45, 2.75) is 38.5 Å². The summed E-state index contributed by atoms with van der Waals surface area (Å²) in [6.07, 6.45) is 9.39. The molecule has 19 heavy (non-hydrogen) atoms. The molecule has 1 aromatic carbocycles. The summed E-state index contributed by atoms with van der Waals surface area (Å²) in [6, 6.07) is 3.75. The highest BCUT2D eigenvalue weighted by Gasteiger charge is 2.19. The van der Waals surface area contributed by atoms with Gasteiger partial charge in [-0.3, -0.25) is 0 Å². The van der Waals surface area contributed by atoms with Crippen LogP contribution < -0.4 is 0 Å². The zero-order valence-corrected chi connectivity index (χ0v) is 13.1. The largest absolute Gasteiger partial charge is 0.261 e. The van der Waals surface area contributed by atoms with Crippen molar-refractivity contribution in [1.29, 1.82) is 0 Å². The smallest absolute Gasteiger partial charge is 0.207 e. The van der Waals surface area contributed by atoms with E-state index in [-0.39, 0.29) is 4.90 Å². The molecule has 0 radical (unpaired) electrons. The quantitative estimate of drug-likeness (QED) is 0.594. The second kappa shape index (κ2) is 6.92. The third-order valence-corrected chi connectivity index (χ3v) is 4.43. The molecule has 0 unspecified atom stereocenters. The number of aryl methyl sites for hydroxylation is 1. The van der Waals surface area contributed by atoms with E-state index in [9.17, 15) is 8.42 Å². The normalized spacial score (nSPS) is 12.6. The molecule has 0 aliphatic carbocycles. The third kappa shape index (κ3) is 4.22. The highest BCUT2D eigenvalue weighted by molar-refractivity contribution is 8.13.